The summed E-state index contributed by atoms with van der Waals surface area (Å²) in [5, 5.41) is 0. The van der Waals surface area contributed by atoms with Crippen LogP contribution in [0.25, 0.3) is 0 Å². The van der Waals surface area contributed by atoms with Gasteiger partial charge in [-0.15, -0.1) is 0 Å². The third kappa shape index (κ3) is 6.23. The minimum atomic E-state index is 1.12. The van der Waals surface area contributed by atoms with Crippen molar-refractivity contribution in [3.8, 4) is 0 Å². The molecular weight excluding hydrogens is 156 g/mol. The standard InChI is InChI=1S/C8H18N2S/c1-4-6-10(7-5-2)8-9-11-3/h8H,4-7H2,1-3H3/b9-8+. The molecule has 11 heavy (non-hydrogen) atoms. The molecule has 0 bridgehead atoms. The van der Waals surface area contributed by atoms with Gasteiger partial charge in [-0.1, -0.05) is 13.8 Å². The Hall–Kier alpha value is -0.180. The minimum Gasteiger partial charge on any atom is -0.362 e. The normalized spacial score (nSPS) is 10.8. The summed E-state index contributed by atoms with van der Waals surface area (Å²) >= 11 is 1.51. The van der Waals surface area contributed by atoms with Gasteiger partial charge < -0.3 is 4.90 Å². The topological polar surface area (TPSA) is 15.6 Å². The zero-order valence-electron chi connectivity index (χ0n) is 7.71. The third-order valence-electron chi connectivity index (χ3n) is 1.34. The summed E-state index contributed by atoms with van der Waals surface area (Å²) in [6.07, 6.45) is 6.31. The molecule has 0 aromatic rings. The van der Waals surface area contributed by atoms with E-state index in [1.165, 1.54) is 24.8 Å². The average molecular weight is 174 g/mol. The van der Waals surface area contributed by atoms with Crippen LogP contribution >= 0.6 is 11.9 Å². The van der Waals surface area contributed by atoms with Crippen molar-refractivity contribution >= 4 is 18.3 Å². The molecule has 0 spiro atoms. The van der Waals surface area contributed by atoms with Gasteiger partial charge in [0.05, 0.1) is 6.34 Å². The van der Waals surface area contributed by atoms with E-state index in [1.54, 1.807) is 0 Å². The molecule has 0 aromatic carbocycles. The number of rotatable bonds is 6. The maximum atomic E-state index is 4.13. The van der Waals surface area contributed by atoms with Crippen LogP contribution in [0.4, 0.5) is 0 Å². The van der Waals surface area contributed by atoms with Crippen LogP contribution in [-0.2, 0) is 0 Å². The number of nitrogens with zero attached hydrogens (tertiary/aromatic N) is 2. The number of hydrogen-bond acceptors (Lipinski definition) is 2. The first kappa shape index (κ1) is 10.8. The van der Waals surface area contributed by atoms with E-state index < -0.39 is 0 Å². The quantitative estimate of drug-likeness (QED) is 0.349. The molecule has 0 N–H and O–H groups in total. The Morgan fingerprint density at radius 3 is 2.18 bits per heavy atom. The van der Waals surface area contributed by atoms with E-state index in [9.17, 15) is 0 Å². The van der Waals surface area contributed by atoms with Crippen molar-refractivity contribution in [3.63, 3.8) is 0 Å². The molecule has 0 aliphatic carbocycles. The van der Waals surface area contributed by atoms with Gasteiger partial charge in [0.25, 0.3) is 0 Å². The van der Waals surface area contributed by atoms with Crippen LogP contribution < -0.4 is 0 Å². The molecule has 0 fully saturated rings. The molecule has 0 aliphatic rings. The van der Waals surface area contributed by atoms with Crippen LogP contribution in [0.15, 0.2) is 4.40 Å². The van der Waals surface area contributed by atoms with E-state index in [4.69, 9.17) is 0 Å². The Morgan fingerprint density at radius 2 is 1.82 bits per heavy atom. The first-order chi connectivity index (χ1) is 5.35. The van der Waals surface area contributed by atoms with E-state index in [0.29, 0.717) is 0 Å². The molecule has 66 valence electrons. The fourth-order valence-electron chi connectivity index (χ4n) is 0.916. The Morgan fingerprint density at radius 1 is 1.27 bits per heavy atom. The summed E-state index contributed by atoms with van der Waals surface area (Å²) < 4.78 is 4.13. The van der Waals surface area contributed by atoms with E-state index >= 15 is 0 Å². The zero-order chi connectivity index (χ0) is 8.53. The van der Waals surface area contributed by atoms with Crippen LogP contribution in [0.5, 0.6) is 0 Å². The Labute approximate surface area is 74.2 Å². The summed E-state index contributed by atoms with van der Waals surface area (Å²) in [5.74, 6) is 0. The summed E-state index contributed by atoms with van der Waals surface area (Å²) in [5.41, 5.74) is 0. The molecule has 0 rings (SSSR count). The van der Waals surface area contributed by atoms with Crippen molar-refractivity contribution in [3.05, 3.63) is 0 Å². The third-order valence-corrected chi connectivity index (χ3v) is 1.64. The molecular formula is C8H18N2S. The molecule has 0 unspecified atom stereocenters. The predicted molar refractivity (Wildman–Crippen MR) is 54.2 cm³/mol. The van der Waals surface area contributed by atoms with Crippen LogP contribution in [0.3, 0.4) is 0 Å². The second-order valence-corrected chi connectivity index (χ2v) is 3.02. The first-order valence-corrected chi connectivity index (χ1v) is 5.34. The predicted octanol–water partition coefficient (Wildman–Crippen LogP) is 2.41. The van der Waals surface area contributed by atoms with E-state index in [2.05, 4.69) is 23.1 Å². The highest BCUT2D eigenvalue weighted by Crippen LogP contribution is 1.95. The molecule has 0 heterocycles. The van der Waals surface area contributed by atoms with Crippen molar-refractivity contribution in [2.24, 2.45) is 4.40 Å². The van der Waals surface area contributed by atoms with Gasteiger partial charge in [-0.3, -0.25) is 0 Å². The lowest BCUT2D eigenvalue weighted by Crippen LogP contribution is -2.23. The lowest BCUT2D eigenvalue weighted by molar-refractivity contribution is 0.429. The van der Waals surface area contributed by atoms with Gasteiger partial charge in [0.1, 0.15) is 0 Å². The van der Waals surface area contributed by atoms with Crippen LogP contribution in [0.2, 0.25) is 0 Å². The summed E-state index contributed by atoms with van der Waals surface area (Å²) in [4.78, 5) is 2.26. The molecule has 0 radical (unpaired) electrons. The van der Waals surface area contributed by atoms with Gasteiger partial charge in [0.2, 0.25) is 0 Å². The molecule has 0 aliphatic heterocycles. The highest BCUT2D eigenvalue weighted by Gasteiger charge is 1.94. The maximum absolute atomic E-state index is 4.13. The van der Waals surface area contributed by atoms with Gasteiger partial charge in [0.15, 0.2) is 0 Å². The molecule has 0 saturated carbocycles. The second kappa shape index (κ2) is 7.92. The van der Waals surface area contributed by atoms with Gasteiger partial charge >= 0.3 is 0 Å². The van der Waals surface area contributed by atoms with Gasteiger partial charge in [0, 0.05) is 19.3 Å². The van der Waals surface area contributed by atoms with Crippen molar-refractivity contribution in [1.82, 2.24) is 4.90 Å². The molecule has 0 atom stereocenters. The zero-order valence-corrected chi connectivity index (χ0v) is 8.52. The summed E-state index contributed by atoms with van der Waals surface area (Å²) in [6, 6.07) is 0. The smallest absolute Gasteiger partial charge is 0.0989 e. The fraction of sp³-hybridized carbons (Fsp3) is 0.875. The molecule has 0 saturated heterocycles. The first-order valence-electron chi connectivity index (χ1n) is 4.15. The van der Waals surface area contributed by atoms with Gasteiger partial charge in [-0.25, -0.2) is 4.40 Å². The largest absolute Gasteiger partial charge is 0.362 e. The molecule has 0 amide bonds. The van der Waals surface area contributed by atoms with Crippen molar-refractivity contribution in [2.45, 2.75) is 26.7 Å². The Balaban J connectivity index is 3.58. The van der Waals surface area contributed by atoms with Crippen LogP contribution in [0, 0.1) is 0 Å². The molecule has 0 aromatic heterocycles. The van der Waals surface area contributed by atoms with Crippen LogP contribution in [-0.4, -0.2) is 30.6 Å². The maximum Gasteiger partial charge on any atom is 0.0989 e. The van der Waals surface area contributed by atoms with Crippen molar-refractivity contribution in [2.75, 3.05) is 19.3 Å². The van der Waals surface area contributed by atoms with Gasteiger partial charge in [-0.2, -0.15) is 0 Å². The fourth-order valence-corrected chi connectivity index (χ4v) is 1.14. The molecule has 2 nitrogen and oxygen atoms in total. The SMILES string of the molecule is CCCN(/C=N/SC)CCC. The lowest BCUT2D eigenvalue weighted by atomic mass is 10.4. The Kier molecular flexibility index (Phi) is 7.79. The summed E-state index contributed by atoms with van der Waals surface area (Å²) in [7, 11) is 0. The molecule has 3 heteroatoms. The van der Waals surface area contributed by atoms with E-state index in [0.717, 1.165) is 13.1 Å². The lowest BCUT2D eigenvalue weighted by Gasteiger charge is -2.16. The average Bonchev–Trinajstić information content (AvgIpc) is 2.01. The highest BCUT2D eigenvalue weighted by atomic mass is 32.2. The highest BCUT2D eigenvalue weighted by molar-refractivity contribution is 7.97. The van der Waals surface area contributed by atoms with Crippen LogP contribution in [0.1, 0.15) is 26.7 Å². The summed E-state index contributed by atoms with van der Waals surface area (Å²) in [6.45, 7) is 6.63. The monoisotopic (exact) mass is 174 g/mol. The van der Waals surface area contributed by atoms with Crippen molar-refractivity contribution in [1.29, 1.82) is 0 Å². The minimum absolute atomic E-state index is 1.12. The van der Waals surface area contributed by atoms with Crippen molar-refractivity contribution < 1.29 is 0 Å². The second-order valence-electron chi connectivity index (χ2n) is 2.44. The number of hydrogen-bond donors (Lipinski definition) is 0. The van der Waals surface area contributed by atoms with E-state index in [-0.39, 0.29) is 0 Å². The van der Waals surface area contributed by atoms with E-state index in [1.807, 2.05) is 12.6 Å². The van der Waals surface area contributed by atoms with Gasteiger partial charge in [-0.05, 0) is 24.8 Å². The Bertz CT molecular complexity index is 98.3.